The van der Waals surface area contributed by atoms with Crippen molar-refractivity contribution in [1.82, 2.24) is 5.32 Å². The van der Waals surface area contributed by atoms with Gasteiger partial charge < -0.3 is 14.8 Å². The fraction of sp³-hybridized carbons (Fsp3) is 0.714. The van der Waals surface area contributed by atoms with E-state index in [1.807, 2.05) is 19.9 Å². The second-order valence-electron chi connectivity index (χ2n) is 8.83. The van der Waals surface area contributed by atoms with Gasteiger partial charge in [0, 0.05) is 12.1 Å². The normalized spacial score (nSPS) is 33.1. The molecule has 0 aliphatic heterocycles. The smallest absolute Gasteiger partial charge is 0.180 e. The molecule has 1 aromatic rings. The molecular formula is C21H30ClNO2. The molecule has 5 rings (SSSR count). The fourth-order valence-corrected chi connectivity index (χ4v) is 6.12. The van der Waals surface area contributed by atoms with E-state index in [-0.39, 0.29) is 6.10 Å². The number of ether oxygens (including phenoxy) is 2. The predicted octanol–water partition coefficient (Wildman–Crippen LogP) is 5.19. The molecule has 4 aliphatic rings. The molecule has 0 atom stereocenters. The number of nitrogens with one attached hydrogen (secondary N) is 1. The fourth-order valence-electron chi connectivity index (χ4n) is 5.84. The molecular weight excluding hydrogens is 334 g/mol. The molecule has 1 aromatic carbocycles. The molecule has 25 heavy (non-hydrogen) atoms. The van der Waals surface area contributed by atoms with Crippen LogP contribution >= 0.6 is 11.6 Å². The maximum Gasteiger partial charge on any atom is 0.180 e. The van der Waals surface area contributed by atoms with Crippen LogP contribution in [0.15, 0.2) is 12.1 Å². The quantitative estimate of drug-likeness (QED) is 0.754. The molecule has 0 unspecified atom stereocenters. The van der Waals surface area contributed by atoms with Gasteiger partial charge in [0.2, 0.25) is 0 Å². The molecule has 4 aliphatic carbocycles. The number of methoxy groups -OCH3 is 1. The molecule has 0 heterocycles. The Hall–Kier alpha value is -0.930. The zero-order valence-corrected chi connectivity index (χ0v) is 16.4. The maximum absolute atomic E-state index is 6.48. The zero-order chi connectivity index (χ0) is 17.6. The van der Waals surface area contributed by atoms with Crippen LogP contribution in [0.4, 0.5) is 0 Å². The minimum absolute atomic E-state index is 0.0717. The van der Waals surface area contributed by atoms with E-state index >= 15 is 0 Å². The molecule has 0 saturated heterocycles. The number of hydrogen-bond donors (Lipinski definition) is 1. The molecule has 0 aromatic heterocycles. The average molecular weight is 364 g/mol. The third-order valence-electron chi connectivity index (χ3n) is 6.35. The summed E-state index contributed by atoms with van der Waals surface area (Å²) in [7, 11) is 1.68. The molecule has 0 amide bonds. The second kappa shape index (κ2) is 6.66. The Kier molecular flexibility index (Phi) is 4.66. The van der Waals surface area contributed by atoms with Crippen LogP contribution in [0.1, 0.15) is 57.9 Å². The van der Waals surface area contributed by atoms with Gasteiger partial charge in [-0.25, -0.2) is 0 Å². The van der Waals surface area contributed by atoms with Crippen molar-refractivity contribution in [3.63, 3.8) is 0 Å². The highest BCUT2D eigenvalue weighted by Gasteiger charge is 2.50. The first-order chi connectivity index (χ1) is 12.0. The van der Waals surface area contributed by atoms with Gasteiger partial charge in [0.25, 0.3) is 0 Å². The van der Waals surface area contributed by atoms with Crippen LogP contribution in [0.3, 0.4) is 0 Å². The third-order valence-corrected chi connectivity index (χ3v) is 6.63. The van der Waals surface area contributed by atoms with Crippen LogP contribution in [-0.4, -0.2) is 18.8 Å². The molecule has 4 fully saturated rings. The maximum atomic E-state index is 6.48. The van der Waals surface area contributed by atoms with E-state index in [9.17, 15) is 0 Å². The Bertz CT molecular complexity index is 608. The summed E-state index contributed by atoms with van der Waals surface area (Å²) in [6, 6.07) is 4.09. The first-order valence-electron chi connectivity index (χ1n) is 9.74. The molecule has 4 bridgehead atoms. The zero-order valence-electron chi connectivity index (χ0n) is 15.6. The Morgan fingerprint density at radius 1 is 1.12 bits per heavy atom. The molecule has 4 heteroatoms. The van der Waals surface area contributed by atoms with Gasteiger partial charge >= 0.3 is 0 Å². The largest absolute Gasteiger partial charge is 0.493 e. The van der Waals surface area contributed by atoms with Gasteiger partial charge in [-0.3, -0.25) is 0 Å². The van der Waals surface area contributed by atoms with Gasteiger partial charge in [0.05, 0.1) is 18.2 Å². The van der Waals surface area contributed by atoms with E-state index < -0.39 is 0 Å². The van der Waals surface area contributed by atoms with Crippen molar-refractivity contribution in [1.29, 1.82) is 0 Å². The lowest BCUT2D eigenvalue weighted by Crippen LogP contribution is -2.58. The number of benzene rings is 1. The van der Waals surface area contributed by atoms with Gasteiger partial charge in [-0.05, 0) is 87.8 Å². The summed E-state index contributed by atoms with van der Waals surface area (Å²) in [5.41, 5.74) is 1.54. The Morgan fingerprint density at radius 2 is 1.72 bits per heavy atom. The minimum Gasteiger partial charge on any atom is -0.493 e. The second-order valence-corrected chi connectivity index (χ2v) is 9.23. The lowest BCUT2D eigenvalue weighted by atomic mass is 9.53. The number of rotatable bonds is 6. The summed E-state index contributed by atoms with van der Waals surface area (Å²) in [6.45, 7) is 4.85. The Labute approximate surface area is 156 Å². The standard InChI is InChI=1S/C21H30ClNO2/c1-13(2)25-20-18(22)7-17(8-19(20)24-3)12-23-21-9-14-4-15(10-21)6-16(5-14)11-21/h7-8,13-16,23H,4-6,9-12H2,1-3H3. The highest BCUT2D eigenvalue weighted by molar-refractivity contribution is 6.32. The summed E-state index contributed by atoms with van der Waals surface area (Å²) in [4.78, 5) is 0. The van der Waals surface area contributed by atoms with Crippen molar-refractivity contribution in [2.75, 3.05) is 7.11 Å². The lowest BCUT2D eigenvalue weighted by Gasteiger charge is -2.57. The average Bonchev–Trinajstić information content (AvgIpc) is 2.53. The van der Waals surface area contributed by atoms with Gasteiger partial charge in [0.1, 0.15) is 0 Å². The predicted molar refractivity (Wildman–Crippen MR) is 102 cm³/mol. The highest BCUT2D eigenvalue weighted by Crippen LogP contribution is 2.55. The van der Waals surface area contributed by atoms with Crippen molar-refractivity contribution in [2.24, 2.45) is 17.8 Å². The summed E-state index contributed by atoms with van der Waals surface area (Å²) in [5, 5.41) is 4.56. The summed E-state index contributed by atoms with van der Waals surface area (Å²) < 4.78 is 11.3. The van der Waals surface area contributed by atoms with Crippen LogP contribution in [0.5, 0.6) is 11.5 Å². The van der Waals surface area contributed by atoms with Gasteiger partial charge in [-0.2, -0.15) is 0 Å². The van der Waals surface area contributed by atoms with Crippen LogP contribution in [0, 0.1) is 17.8 Å². The lowest BCUT2D eigenvalue weighted by molar-refractivity contribution is -0.0206. The van der Waals surface area contributed by atoms with Crippen molar-refractivity contribution in [2.45, 2.75) is 70.6 Å². The first kappa shape index (κ1) is 17.5. The monoisotopic (exact) mass is 363 g/mol. The minimum atomic E-state index is 0.0717. The van der Waals surface area contributed by atoms with E-state index in [0.717, 1.165) is 30.0 Å². The van der Waals surface area contributed by atoms with E-state index in [0.29, 0.717) is 16.3 Å². The van der Waals surface area contributed by atoms with Crippen LogP contribution < -0.4 is 14.8 Å². The van der Waals surface area contributed by atoms with Crippen molar-refractivity contribution < 1.29 is 9.47 Å². The van der Waals surface area contributed by atoms with Gasteiger partial charge in [-0.15, -0.1) is 0 Å². The molecule has 0 spiro atoms. The molecule has 4 saturated carbocycles. The highest BCUT2D eigenvalue weighted by atomic mass is 35.5. The van der Waals surface area contributed by atoms with Crippen LogP contribution in [-0.2, 0) is 6.54 Å². The summed E-state index contributed by atoms with van der Waals surface area (Å²) in [5.74, 6) is 4.25. The molecule has 1 N–H and O–H groups in total. The van der Waals surface area contributed by atoms with Gasteiger partial charge in [0.15, 0.2) is 11.5 Å². The van der Waals surface area contributed by atoms with E-state index in [1.165, 1.54) is 44.1 Å². The van der Waals surface area contributed by atoms with Crippen molar-refractivity contribution in [3.8, 4) is 11.5 Å². The van der Waals surface area contributed by atoms with Crippen LogP contribution in [0.2, 0.25) is 5.02 Å². The topological polar surface area (TPSA) is 30.5 Å². The Morgan fingerprint density at radius 3 is 2.24 bits per heavy atom. The number of halogens is 1. The van der Waals surface area contributed by atoms with E-state index in [2.05, 4.69) is 11.4 Å². The molecule has 3 nitrogen and oxygen atoms in total. The van der Waals surface area contributed by atoms with Crippen molar-refractivity contribution in [3.05, 3.63) is 22.7 Å². The van der Waals surface area contributed by atoms with Gasteiger partial charge in [-0.1, -0.05) is 11.6 Å². The summed E-state index contributed by atoms with van der Waals surface area (Å²) >= 11 is 6.48. The SMILES string of the molecule is COc1cc(CNC23CC4CC(CC(C4)C2)C3)cc(Cl)c1OC(C)C. The molecule has 138 valence electrons. The van der Waals surface area contributed by atoms with Crippen molar-refractivity contribution >= 4 is 11.6 Å². The van der Waals surface area contributed by atoms with E-state index in [1.54, 1.807) is 7.11 Å². The van der Waals surface area contributed by atoms with E-state index in [4.69, 9.17) is 21.1 Å². The Balaban J connectivity index is 1.49. The number of hydrogen-bond acceptors (Lipinski definition) is 3. The molecule has 0 radical (unpaired) electrons. The third kappa shape index (κ3) is 3.50. The summed E-state index contributed by atoms with van der Waals surface area (Å²) in [6.07, 6.45) is 8.57. The first-order valence-corrected chi connectivity index (χ1v) is 10.1. The van der Waals surface area contributed by atoms with Crippen LogP contribution in [0.25, 0.3) is 0 Å².